The lowest BCUT2D eigenvalue weighted by atomic mass is 10.2. The minimum Gasteiger partial charge on any atom is -0.266 e. The van der Waals surface area contributed by atoms with Gasteiger partial charge in [0.05, 0.1) is 5.52 Å². The van der Waals surface area contributed by atoms with Crippen molar-refractivity contribution >= 4 is 22.6 Å². The number of nitrogens with zero attached hydrogens (tertiary/aromatic N) is 4. The van der Waals surface area contributed by atoms with Gasteiger partial charge in [0.15, 0.2) is 0 Å². The third-order valence-electron chi connectivity index (χ3n) is 2.60. The van der Waals surface area contributed by atoms with Crippen LogP contribution in [-0.2, 0) is 7.05 Å². The van der Waals surface area contributed by atoms with E-state index in [1.165, 1.54) is 0 Å². The monoisotopic (exact) mass is 244 g/mol. The summed E-state index contributed by atoms with van der Waals surface area (Å²) < 4.78 is 1.79. The van der Waals surface area contributed by atoms with E-state index in [4.69, 9.17) is 11.6 Å². The van der Waals surface area contributed by atoms with Crippen molar-refractivity contribution in [2.24, 2.45) is 7.05 Å². The molecular formula is C12H9ClN4. The van der Waals surface area contributed by atoms with Gasteiger partial charge in [0.25, 0.3) is 0 Å². The topological polar surface area (TPSA) is 43.6 Å². The average Bonchev–Trinajstić information content (AvgIpc) is 2.67. The first-order valence-corrected chi connectivity index (χ1v) is 5.53. The van der Waals surface area contributed by atoms with Gasteiger partial charge in [-0.3, -0.25) is 9.67 Å². The molecule has 0 aromatic carbocycles. The van der Waals surface area contributed by atoms with Crippen LogP contribution < -0.4 is 0 Å². The van der Waals surface area contributed by atoms with Gasteiger partial charge in [-0.05, 0) is 24.3 Å². The molecule has 0 N–H and O–H groups in total. The average molecular weight is 245 g/mol. The fraction of sp³-hybridized carbons (Fsp3) is 0.0833. The summed E-state index contributed by atoms with van der Waals surface area (Å²) in [7, 11) is 1.89. The van der Waals surface area contributed by atoms with Crippen molar-refractivity contribution in [1.82, 2.24) is 19.7 Å². The third kappa shape index (κ3) is 1.66. The van der Waals surface area contributed by atoms with E-state index in [1.807, 2.05) is 25.2 Å². The van der Waals surface area contributed by atoms with Gasteiger partial charge < -0.3 is 0 Å². The van der Waals surface area contributed by atoms with Gasteiger partial charge in [0.2, 0.25) is 0 Å². The maximum Gasteiger partial charge on any atom is 0.130 e. The zero-order chi connectivity index (χ0) is 11.8. The van der Waals surface area contributed by atoms with Crippen LogP contribution in [0.4, 0.5) is 0 Å². The first kappa shape index (κ1) is 10.2. The Kier molecular flexibility index (Phi) is 2.30. The van der Waals surface area contributed by atoms with E-state index in [-0.39, 0.29) is 0 Å². The van der Waals surface area contributed by atoms with Gasteiger partial charge in [-0.15, -0.1) is 0 Å². The normalized spacial score (nSPS) is 10.9. The van der Waals surface area contributed by atoms with Crippen LogP contribution in [0.2, 0.25) is 5.15 Å². The zero-order valence-electron chi connectivity index (χ0n) is 9.13. The van der Waals surface area contributed by atoms with E-state index >= 15 is 0 Å². The number of aryl methyl sites for hydroxylation is 1. The highest BCUT2D eigenvalue weighted by atomic mass is 35.5. The fourth-order valence-electron chi connectivity index (χ4n) is 1.81. The summed E-state index contributed by atoms with van der Waals surface area (Å²) in [6, 6.07) is 7.51. The summed E-state index contributed by atoms with van der Waals surface area (Å²) >= 11 is 5.92. The van der Waals surface area contributed by atoms with Crippen molar-refractivity contribution < 1.29 is 0 Å². The van der Waals surface area contributed by atoms with Crippen LogP contribution in [0.5, 0.6) is 0 Å². The molecule has 0 atom stereocenters. The van der Waals surface area contributed by atoms with Gasteiger partial charge in [-0.25, -0.2) is 4.98 Å². The summed E-state index contributed by atoms with van der Waals surface area (Å²) in [5.74, 6) is 0. The van der Waals surface area contributed by atoms with Crippen LogP contribution in [0.25, 0.3) is 22.3 Å². The Bertz CT molecular complexity index is 676. The van der Waals surface area contributed by atoms with Gasteiger partial charge in [-0.2, -0.15) is 5.10 Å². The fourth-order valence-corrected chi connectivity index (χ4v) is 1.96. The van der Waals surface area contributed by atoms with Crippen molar-refractivity contribution in [3.63, 3.8) is 0 Å². The second-order valence-electron chi connectivity index (χ2n) is 3.72. The van der Waals surface area contributed by atoms with Crippen molar-refractivity contribution in [1.29, 1.82) is 0 Å². The summed E-state index contributed by atoms with van der Waals surface area (Å²) in [6.07, 6.45) is 3.50. The lowest BCUT2D eigenvalue weighted by Gasteiger charge is -1.95. The molecule has 0 aliphatic heterocycles. The Morgan fingerprint density at radius 1 is 1.24 bits per heavy atom. The number of aromatic nitrogens is 4. The van der Waals surface area contributed by atoms with Gasteiger partial charge >= 0.3 is 0 Å². The Morgan fingerprint density at radius 2 is 2.12 bits per heavy atom. The summed E-state index contributed by atoms with van der Waals surface area (Å²) in [5.41, 5.74) is 3.49. The van der Waals surface area contributed by atoms with Gasteiger partial charge in [0.1, 0.15) is 16.4 Å². The van der Waals surface area contributed by atoms with E-state index in [9.17, 15) is 0 Å². The Balaban J connectivity index is 2.34. The summed E-state index contributed by atoms with van der Waals surface area (Å²) in [5, 5.41) is 4.92. The lowest BCUT2D eigenvalue weighted by Crippen LogP contribution is -1.89. The number of hydrogen-bond donors (Lipinski definition) is 0. The maximum absolute atomic E-state index is 5.92. The second kappa shape index (κ2) is 3.82. The highest BCUT2D eigenvalue weighted by Crippen LogP contribution is 2.26. The number of halogens is 1. The van der Waals surface area contributed by atoms with E-state index < -0.39 is 0 Å². The first-order valence-electron chi connectivity index (χ1n) is 5.15. The SMILES string of the molecule is Cn1nc(-c2cccnc2)c2nc(Cl)ccc21. The molecule has 0 unspecified atom stereocenters. The van der Waals surface area contributed by atoms with Crippen molar-refractivity contribution in [2.75, 3.05) is 0 Å². The van der Waals surface area contributed by atoms with Crippen molar-refractivity contribution in [3.05, 3.63) is 41.8 Å². The van der Waals surface area contributed by atoms with Crippen LogP contribution in [0.15, 0.2) is 36.7 Å². The molecular weight excluding hydrogens is 236 g/mol. The molecule has 3 rings (SSSR count). The first-order chi connectivity index (χ1) is 8.25. The Labute approximate surface area is 103 Å². The summed E-state index contributed by atoms with van der Waals surface area (Å²) in [4.78, 5) is 8.42. The molecule has 0 radical (unpaired) electrons. The zero-order valence-corrected chi connectivity index (χ0v) is 9.89. The molecule has 3 heterocycles. The number of hydrogen-bond acceptors (Lipinski definition) is 3. The van der Waals surface area contributed by atoms with Gasteiger partial charge in [0, 0.05) is 25.0 Å². The number of fused-ring (bicyclic) bond motifs is 1. The number of rotatable bonds is 1. The highest BCUT2D eigenvalue weighted by Gasteiger charge is 2.12. The minimum absolute atomic E-state index is 0.468. The predicted molar refractivity (Wildman–Crippen MR) is 66.8 cm³/mol. The number of pyridine rings is 2. The molecule has 4 nitrogen and oxygen atoms in total. The van der Waals surface area contributed by atoms with Crippen LogP contribution in [0, 0.1) is 0 Å². The van der Waals surface area contributed by atoms with E-state index in [1.54, 1.807) is 23.1 Å². The van der Waals surface area contributed by atoms with Crippen LogP contribution >= 0.6 is 11.6 Å². The molecule has 0 fully saturated rings. The van der Waals surface area contributed by atoms with E-state index in [2.05, 4.69) is 15.1 Å². The largest absolute Gasteiger partial charge is 0.266 e. The molecule has 0 aliphatic carbocycles. The minimum atomic E-state index is 0.468. The van der Waals surface area contributed by atoms with Gasteiger partial charge in [-0.1, -0.05) is 11.6 Å². The highest BCUT2D eigenvalue weighted by molar-refractivity contribution is 6.29. The quantitative estimate of drug-likeness (QED) is 0.618. The maximum atomic E-state index is 5.92. The smallest absolute Gasteiger partial charge is 0.130 e. The molecule has 0 bridgehead atoms. The molecule has 0 spiro atoms. The molecule has 84 valence electrons. The van der Waals surface area contributed by atoms with Crippen molar-refractivity contribution in [2.45, 2.75) is 0 Å². The summed E-state index contributed by atoms with van der Waals surface area (Å²) in [6.45, 7) is 0. The van der Waals surface area contributed by atoms with E-state index in [0.29, 0.717) is 5.15 Å². The molecule has 3 aromatic heterocycles. The van der Waals surface area contributed by atoms with Crippen LogP contribution in [0.1, 0.15) is 0 Å². The Hall–Kier alpha value is -1.94. The molecule has 0 saturated heterocycles. The molecule has 5 heteroatoms. The lowest BCUT2D eigenvalue weighted by molar-refractivity contribution is 0.800. The van der Waals surface area contributed by atoms with Crippen LogP contribution in [0.3, 0.4) is 0 Å². The molecule has 0 saturated carbocycles. The molecule has 0 amide bonds. The van der Waals surface area contributed by atoms with Crippen molar-refractivity contribution in [3.8, 4) is 11.3 Å². The standard InChI is InChI=1S/C12H9ClN4/c1-17-9-4-5-10(13)15-12(9)11(16-17)8-3-2-6-14-7-8/h2-7H,1H3. The predicted octanol–water partition coefficient (Wildman–Crippen LogP) is 2.68. The molecule has 3 aromatic rings. The Morgan fingerprint density at radius 3 is 2.88 bits per heavy atom. The third-order valence-corrected chi connectivity index (χ3v) is 2.81. The van der Waals surface area contributed by atoms with Crippen LogP contribution in [-0.4, -0.2) is 19.7 Å². The van der Waals surface area contributed by atoms with E-state index in [0.717, 1.165) is 22.3 Å². The molecule has 17 heavy (non-hydrogen) atoms. The molecule has 0 aliphatic rings. The second-order valence-corrected chi connectivity index (χ2v) is 4.10.